The molecule has 1 aromatic rings. The van der Waals surface area contributed by atoms with Crippen LogP contribution in [-0.4, -0.2) is 38.1 Å². The van der Waals surface area contributed by atoms with Crippen LogP contribution in [0, 0.1) is 11.6 Å². The van der Waals surface area contributed by atoms with Crippen LogP contribution in [0.1, 0.15) is 0 Å². The number of hydrogen-bond donors (Lipinski definition) is 1. The number of nitrogen functional groups attached to an aromatic ring is 1. The Balaban J connectivity index is 2.52. The Hall–Kier alpha value is -1.02. The van der Waals surface area contributed by atoms with Gasteiger partial charge in [-0.15, -0.1) is 0 Å². The number of hydrogen-bond acceptors (Lipinski definition) is 5. The van der Waals surface area contributed by atoms with Crippen molar-refractivity contribution >= 4 is 33.0 Å². The molecule has 19 heavy (non-hydrogen) atoms. The maximum absolute atomic E-state index is 13.9. The van der Waals surface area contributed by atoms with Crippen molar-refractivity contribution in [2.75, 3.05) is 34.9 Å². The molecule has 0 aromatic heterocycles. The monoisotopic (exact) mass is 308 g/mol. The molecule has 1 atom stereocenters. The van der Waals surface area contributed by atoms with E-state index in [1.54, 1.807) is 0 Å². The highest BCUT2D eigenvalue weighted by molar-refractivity contribution is 8.01. The van der Waals surface area contributed by atoms with Crippen LogP contribution in [0.25, 0.3) is 0 Å². The lowest BCUT2D eigenvalue weighted by Gasteiger charge is -2.36. The standard InChI is InChI=1S/C11H14F2N2O2S2/c1-19(16,17)9-6-18-5-4-15(9)11-8(14)3-2-7(12)10(11)13/h2-3,9H,4-6,14H2,1H3. The van der Waals surface area contributed by atoms with Crippen molar-refractivity contribution in [3.63, 3.8) is 0 Å². The fraction of sp³-hybridized carbons (Fsp3) is 0.455. The zero-order chi connectivity index (χ0) is 14.2. The van der Waals surface area contributed by atoms with E-state index in [4.69, 9.17) is 5.73 Å². The summed E-state index contributed by atoms with van der Waals surface area (Å²) in [7, 11) is -3.41. The van der Waals surface area contributed by atoms with Crippen LogP contribution < -0.4 is 10.6 Å². The molecule has 0 saturated carbocycles. The summed E-state index contributed by atoms with van der Waals surface area (Å²) in [5, 5.41) is -0.884. The minimum absolute atomic E-state index is 0.0412. The second kappa shape index (κ2) is 5.16. The average Bonchev–Trinajstić information content (AvgIpc) is 2.34. The van der Waals surface area contributed by atoms with Gasteiger partial charge in [0, 0.05) is 24.3 Å². The molecule has 1 aromatic carbocycles. The molecule has 8 heteroatoms. The topological polar surface area (TPSA) is 63.4 Å². The Morgan fingerprint density at radius 1 is 1.42 bits per heavy atom. The SMILES string of the molecule is CS(=O)(=O)C1CSCCN1c1c(N)ccc(F)c1F. The summed E-state index contributed by atoms with van der Waals surface area (Å²) in [6.07, 6.45) is 1.09. The van der Waals surface area contributed by atoms with Gasteiger partial charge in [-0.1, -0.05) is 0 Å². The molecule has 0 aliphatic carbocycles. The molecule has 1 saturated heterocycles. The van der Waals surface area contributed by atoms with Crippen molar-refractivity contribution in [1.29, 1.82) is 0 Å². The molecule has 0 amide bonds. The van der Waals surface area contributed by atoms with Crippen LogP contribution in [0.5, 0.6) is 0 Å². The zero-order valence-corrected chi connectivity index (χ0v) is 11.9. The predicted molar refractivity (Wildman–Crippen MR) is 74.1 cm³/mol. The number of benzene rings is 1. The van der Waals surface area contributed by atoms with Gasteiger partial charge in [-0.3, -0.25) is 0 Å². The van der Waals surface area contributed by atoms with Crippen molar-refractivity contribution in [1.82, 2.24) is 0 Å². The summed E-state index contributed by atoms with van der Waals surface area (Å²) in [6, 6.07) is 2.18. The predicted octanol–water partition coefficient (Wildman–Crippen LogP) is 1.47. The Labute approximate surface area is 114 Å². The van der Waals surface area contributed by atoms with Crippen molar-refractivity contribution in [2.24, 2.45) is 0 Å². The van der Waals surface area contributed by atoms with Crippen LogP contribution in [-0.2, 0) is 9.84 Å². The third-order valence-electron chi connectivity index (χ3n) is 2.97. The molecule has 4 nitrogen and oxygen atoms in total. The maximum Gasteiger partial charge on any atom is 0.184 e. The van der Waals surface area contributed by atoms with E-state index in [1.807, 2.05) is 0 Å². The molecule has 1 unspecified atom stereocenters. The van der Waals surface area contributed by atoms with Crippen molar-refractivity contribution < 1.29 is 17.2 Å². The van der Waals surface area contributed by atoms with Gasteiger partial charge in [-0.2, -0.15) is 11.8 Å². The highest BCUT2D eigenvalue weighted by Crippen LogP contribution is 2.34. The van der Waals surface area contributed by atoms with E-state index in [0.29, 0.717) is 18.1 Å². The fourth-order valence-corrected chi connectivity index (χ4v) is 4.86. The van der Waals surface area contributed by atoms with Crippen LogP contribution in [0.15, 0.2) is 12.1 Å². The summed E-state index contributed by atoms with van der Waals surface area (Å²) in [6.45, 7) is 0.312. The van der Waals surface area contributed by atoms with E-state index in [2.05, 4.69) is 0 Å². The van der Waals surface area contributed by atoms with Gasteiger partial charge in [0.2, 0.25) is 0 Å². The van der Waals surface area contributed by atoms with E-state index in [-0.39, 0.29) is 11.4 Å². The van der Waals surface area contributed by atoms with E-state index in [1.165, 1.54) is 22.7 Å². The fourth-order valence-electron chi connectivity index (χ4n) is 2.04. The lowest BCUT2D eigenvalue weighted by molar-refractivity contribution is 0.505. The molecule has 1 heterocycles. The molecular formula is C11H14F2N2O2S2. The van der Waals surface area contributed by atoms with Crippen molar-refractivity contribution in [3.05, 3.63) is 23.8 Å². The highest BCUT2D eigenvalue weighted by atomic mass is 32.2. The second-order valence-electron chi connectivity index (χ2n) is 4.35. The first kappa shape index (κ1) is 14.4. The molecule has 1 aliphatic heterocycles. The van der Waals surface area contributed by atoms with E-state index >= 15 is 0 Å². The summed E-state index contributed by atoms with van der Waals surface area (Å²) in [4.78, 5) is 1.35. The third kappa shape index (κ3) is 2.79. The Morgan fingerprint density at radius 3 is 2.74 bits per heavy atom. The van der Waals surface area contributed by atoms with Gasteiger partial charge in [0.25, 0.3) is 0 Å². The first-order chi connectivity index (χ1) is 8.82. The van der Waals surface area contributed by atoms with Gasteiger partial charge < -0.3 is 10.6 Å². The number of halogens is 2. The highest BCUT2D eigenvalue weighted by Gasteiger charge is 2.34. The van der Waals surface area contributed by atoms with Crippen LogP contribution in [0.4, 0.5) is 20.2 Å². The summed E-state index contributed by atoms with van der Waals surface area (Å²) >= 11 is 1.47. The smallest absolute Gasteiger partial charge is 0.184 e. The molecule has 1 fully saturated rings. The normalized spacial score (nSPS) is 20.6. The molecule has 0 spiro atoms. The summed E-state index contributed by atoms with van der Waals surface area (Å²) in [5.74, 6) is -1.18. The second-order valence-corrected chi connectivity index (χ2v) is 7.70. The zero-order valence-electron chi connectivity index (χ0n) is 10.3. The number of nitrogens with zero attached hydrogens (tertiary/aromatic N) is 1. The summed E-state index contributed by atoms with van der Waals surface area (Å²) < 4.78 is 50.8. The van der Waals surface area contributed by atoms with Crippen LogP contribution >= 0.6 is 11.8 Å². The number of rotatable bonds is 2. The van der Waals surface area contributed by atoms with Gasteiger partial charge in [-0.25, -0.2) is 17.2 Å². The first-order valence-corrected chi connectivity index (χ1v) is 8.70. The Kier molecular flexibility index (Phi) is 3.91. The largest absolute Gasteiger partial charge is 0.397 e. The summed E-state index contributed by atoms with van der Waals surface area (Å²) in [5.41, 5.74) is 5.56. The van der Waals surface area contributed by atoms with Gasteiger partial charge in [0.05, 0.1) is 5.69 Å². The van der Waals surface area contributed by atoms with Crippen LogP contribution in [0.2, 0.25) is 0 Å². The lowest BCUT2D eigenvalue weighted by atomic mass is 10.2. The quantitative estimate of drug-likeness (QED) is 0.838. The van der Waals surface area contributed by atoms with Gasteiger partial charge in [0.1, 0.15) is 11.1 Å². The molecule has 2 rings (SSSR count). The third-order valence-corrected chi connectivity index (χ3v) is 5.61. The van der Waals surface area contributed by atoms with E-state index < -0.39 is 26.8 Å². The number of thioether (sulfide) groups is 1. The minimum atomic E-state index is -3.41. The maximum atomic E-state index is 13.9. The number of anilines is 2. The van der Waals surface area contributed by atoms with Gasteiger partial charge >= 0.3 is 0 Å². The van der Waals surface area contributed by atoms with Crippen molar-refractivity contribution in [2.45, 2.75) is 5.37 Å². The molecule has 0 radical (unpaired) electrons. The van der Waals surface area contributed by atoms with E-state index in [9.17, 15) is 17.2 Å². The van der Waals surface area contributed by atoms with Crippen molar-refractivity contribution in [3.8, 4) is 0 Å². The first-order valence-electron chi connectivity index (χ1n) is 5.59. The average molecular weight is 308 g/mol. The molecule has 2 N–H and O–H groups in total. The van der Waals surface area contributed by atoms with Crippen LogP contribution in [0.3, 0.4) is 0 Å². The lowest BCUT2D eigenvalue weighted by Crippen LogP contribution is -2.47. The minimum Gasteiger partial charge on any atom is -0.397 e. The molecular weight excluding hydrogens is 294 g/mol. The molecule has 1 aliphatic rings. The Morgan fingerprint density at radius 2 is 2.11 bits per heavy atom. The molecule has 106 valence electrons. The van der Waals surface area contributed by atoms with E-state index in [0.717, 1.165) is 12.3 Å². The molecule has 0 bridgehead atoms. The number of nitrogens with two attached hydrogens (primary N) is 1. The number of sulfone groups is 1. The van der Waals surface area contributed by atoms with Gasteiger partial charge in [-0.05, 0) is 12.1 Å². The van der Waals surface area contributed by atoms with Gasteiger partial charge in [0.15, 0.2) is 21.5 Å². The Bertz CT molecular complexity index is 593.